The molecule has 0 aromatic heterocycles. The fourth-order valence-electron chi connectivity index (χ4n) is 8.55. The number of alkyl halides is 3. The average molecular weight is 889 g/mol. The second kappa shape index (κ2) is 21.0. The van der Waals surface area contributed by atoms with Gasteiger partial charge >= 0.3 is 12.1 Å². The number of rotatable bonds is 21. The molecule has 346 valence electrons. The summed E-state index contributed by atoms with van der Waals surface area (Å²) >= 11 is 0. The van der Waals surface area contributed by atoms with Crippen molar-refractivity contribution in [3.63, 3.8) is 0 Å². The van der Waals surface area contributed by atoms with Gasteiger partial charge in [0.2, 0.25) is 23.6 Å². The number of methoxy groups -OCH3 is 2. The smallest absolute Gasteiger partial charge is 0.379 e. The SMILES string of the molecule is CC[C@H](C)[C@@H]([C@@H](CC(=O)N1CCC[C@H]1[C@H](OC)[C@@H](C)C(=O)NS(=O)(=O)c1ccc(C2(NC(=O)C(F)(F)F)CC2)cc1)OC)N(C)C(=O)[C@@H](NC(=O)[C@H](C(C)C)N(C)C)C(C)C. The summed E-state index contributed by atoms with van der Waals surface area (Å²) in [5.41, 5.74) is -0.962. The van der Waals surface area contributed by atoms with Gasteiger partial charge in [-0.25, -0.2) is 13.1 Å². The van der Waals surface area contributed by atoms with Gasteiger partial charge in [0.1, 0.15) is 6.04 Å². The second-order valence-electron chi connectivity index (χ2n) is 17.5. The Kier molecular flexibility index (Phi) is 17.8. The zero-order chi connectivity index (χ0) is 46.4. The quantitative estimate of drug-likeness (QED) is 0.164. The van der Waals surface area contributed by atoms with E-state index in [2.05, 4.69) is 10.0 Å². The molecule has 2 aliphatic rings. The number of nitrogens with zero attached hydrogens (tertiary/aromatic N) is 3. The van der Waals surface area contributed by atoms with E-state index in [4.69, 9.17) is 9.47 Å². The highest BCUT2D eigenvalue weighted by Crippen LogP contribution is 2.46. The predicted octanol–water partition coefficient (Wildman–Crippen LogP) is 3.81. The Bertz CT molecular complexity index is 1800. The maximum Gasteiger partial charge on any atom is 0.471 e. The minimum absolute atomic E-state index is 0.00631. The van der Waals surface area contributed by atoms with E-state index in [1.165, 1.54) is 33.3 Å². The van der Waals surface area contributed by atoms with Gasteiger partial charge in [-0.15, -0.1) is 0 Å². The molecule has 1 saturated heterocycles. The van der Waals surface area contributed by atoms with Crippen LogP contribution in [0.25, 0.3) is 0 Å². The molecule has 0 unspecified atom stereocenters. The first kappa shape index (κ1) is 51.5. The summed E-state index contributed by atoms with van der Waals surface area (Å²) in [4.78, 5) is 71.7. The van der Waals surface area contributed by atoms with E-state index in [0.29, 0.717) is 31.4 Å². The topological polar surface area (TPSA) is 184 Å². The van der Waals surface area contributed by atoms with Gasteiger partial charge < -0.3 is 29.9 Å². The fraction of sp³-hybridized carbons (Fsp3) is 0.738. The Morgan fingerprint density at radius 3 is 1.97 bits per heavy atom. The average Bonchev–Trinajstić information content (AvgIpc) is 3.80. The van der Waals surface area contributed by atoms with Gasteiger partial charge in [0.05, 0.1) is 53.1 Å². The Labute approximate surface area is 359 Å². The number of amides is 5. The molecule has 0 radical (unpaired) electrons. The molecule has 0 bridgehead atoms. The number of likely N-dealkylation sites (tertiary alicyclic amines) is 1. The molecule has 1 saturated carbocycles. The Morgan fingerprint density at radius 2 is 1.51 bits per heavy atom. The third kappa shape index (κ3) is 12.4. The minimum atomic E-state index is -5.08. The van der Waals surface area contributed by atoms with Gasteiger partial charge in [-0.05, 0) is 75.2 Å². The summed E-state index contributed by atoms with van der Waals surface area (Å²) in [7, 11) is 3.69. The van der Waals surface area contributed by atoms with Crippen molar-refractivity contribution in [2.45, 2.75) is 140 Å². The lowest BCUT2D eigenvalue weighted by molar-refractivity contribution is -0.174. The summed E-state index contributed by atoms with van der Waals surface area (Å²) < 4.78 is 79.1. The van der Waals surface area contributed by atoms with E-state index in [-0.39, 0.29) is 59.6 Å². The van der Waals surface area contributed by atoms with Crippen LogP contribution >= 0.6 is 0 Å². The summed E-state index contributed by atoms with van der Waals surface area (Å²) in [6.07, 6.45) is -4.66. The normalized spacial score (nSPS) is 20.0. The monoisotopic (exact) mass is 888 g/mol. The number of sulfonamides is 1. The zero-order valence-corrected chi connectivity index (χ0v) is 38.4. The minimum Gasteiger partial charge on any atom is -0.379 e. The Morgan fingerprint density at radius 1 is 0.918 bits per heavy atom. The standard InChI is InChI=1S/C42H67F3N6O9S/c1-13-26(6)35(50(10)39(55)33(24(2)3)46-38(54)34(25(4)5)49(8)9)31(59-11)23-32(52)51-22-14-15-30(51)36(60-12)27(7)37(53)48-61(57,58)29-18-16-28(17-19-29)41(20-21-41)47-40(56)42(43,44)45/h16-19,24-27,30-31,33-36H,13-15,20-23H2,1-12H3,(H,46,54)(H,47,56)(H,48,53)/t26-,27+,30-,31+,33-,34-,35-,36+/m0/s1. The number of carbonyl (C=O) groups excluding carboxylic acids is 5. The zero-order valence-electron chi connectivity index (χ0n) is 37.6. The molecule has 5 amide bonds. The lowest BCUT2D eigenvalue weighted by atomic mass is 9.89. The van der Waals surface area contributed by atoms with Crippen molar-refractivity contribution in [1.82, 2.24) is 30.1 Å². The van der Waals surface area contributed by atoms with Crippen LogP contribution in [0, 0.1) is 23.7 Å². The van der Waals surface area contributed by atoms with Gasteiger partial charge in [0.15, 0.2) is 0 Å². The first-order chi connectivity index (χ1) is 28.3. The van der Waals surface area contributed by atoms with Crippen molar-refractivity contribution in [1.29, 1.82) is 0 Å². The molecule has 1 aliphatic carbocycles. The fourth-order valence-corrected chi connectivity index (χ4v) is 9.61. The lowest BCUT2D eigenvalue weighted by Crippen LogP contribution is -2.59. The van der Waals surface area contributed by atoms with Crippen molar-refractivity contribution in [3.8, 4) is 0 Å². The van der Waals surface area contributed by atoms with E-state index in [1.54, 1.807) is 16.8 Å². The number of halogens is 3. The highest BCUT2D eigenvalue weighted by molar-refractivity contribution is 7.90. The second-order valence-corrected chi connectivity index (χ2v) is 19.2. The molecular weight excluding hydrogens is 822 g/mol. The predicted molar refractivity (Wildman–Crippen MR) is 222 cm³/mol. The Hall–Kier alpha value is -3.81. The van der Waals surface area contributed by atoms with Crippen LogP contribution in [-0.4, -0.2) is 137 Å². The molecular formula is C42H67F3N6O9S. The maximum absolute atomic E-state index is 14.2. The van der Waals surface area contributed by atoms with Crippen LogP contribution in [0.2, 0.25) is 0 Å². The third-order valence-electron chi connectivity index (χ3n) is 12.3. The van der Waals surface area contributed by atoms with Crippen molar-refractivity contribution < 1.29 is 55.0 Å². The van der Waals surface area contributed by atoms with E-state index in [9.17, 15) is 45.6 Å². The molecule has 15 nitrogen and oxygen atoms in total. The highest BCUT2D eigenvalue weighted by Gasteiger charge is 2.51. The summed E-state index contributed by atoms with van der Waals surface area (Å²) in [6.45, 7) is 13.4. The third-order valence-corrected chi connectivity index (χ3v) is 13.6. The van der Waals surface area contributed by atoms with E-state index in [0.717, 1.165) is 12.1 Å². The number of hydrogen-bond acceptors (Lipinski definition) is 10. The lowest BCUT2D eigenvalue weighted by Gasteiger charge is -2.41. The van der Waals surface area contributed by atoms with E-state index >= 15 is 0 Å². The first-order valence-corrected chi connectivity index (χ1v) is 22.4. The molecule has 1 aliphatic heterocycles. The molecule has 0 spiro atoms. The molecule has 1 heterocycles. The van der Waals surface area contributed by atoms with Crippen molar-refractivity contribution in [2.24, 2.45) is 23.7 Å². The number of benzene rings is 1. The molecule has 61 heavy (non-hydrogen) atoms. The van der Waals surface area contributed by atoms with Crippen LogP contribution in [0.4, 0.5) is 13.2 Å². The van der Waals surface area contributed by atoms with Crippen LogP contribution in [0.15, 0.2) is 29.2 Å². The Balaban J connectivity index is 1.76. The summed E-state index contributed by atoms with van der Waals surface area (Å²) in [5, 5.41) is 4.97. The molecule has 8 atom stereocenters. The molecule has 1 aromatic carbocycles. The van der Waals surface area contributed by atoms with E-state index < -0.39 is 75.8 Å². The molecule has 19 heteroatoms. The summed E-state index contributed by atoms with van der Waals surface area (Å²) in [6, 6.07) is 2.44. The maximum atomic E-state index is 14.2. The number of carbonyl (C=O) groups is 5. The first-order valence-electron chi connectivity index (χ1n) is 20.9. The summed E-state index contributed by atoms with van der Waals surface area (Å²) in [5.74, 6) is -5.29. The van der Waals surface area contributed by atoms with Crippen LogP contribution in [0.5, 0.6) is 0 Å². The van der Waals surface area contributed by atoms with Crippen molar-refractivity contribution >= 4 is 39.6 Å². The number of ether oxygens (including phenoxy) is 2. The van der Waals surface area contributed by atoms with Crippen LogP contribution in [0.1, 0.15) is 92.6 Å². The van der Waals surface area contributed by atoms with Gasteiger partial charge in [-0.2, -0.15) is 13.2 Å². The number of hydrogen-bond donors (Lipinski definition) is 3. The van der Waals surface area contributed by atoms with Crippen molar-refractivity contribution in [3.05, 3.63) is 29.8 Å². The largest absolute Gasteiger partial charge is 0.471 e. The molecule has 3 N–H and O–H groups in total. The van der Waals surface area contributed by atoms with Gasteiger partial charge in [-0.3, -0.25) is 28.9 Å². The van der Waals surface area contributed by atoms with Crippen LogP contribution in [-0.2, 0) is 49.0 Å². The number of nitrogens with one attached hydrogen (secondary N) is 3. The van der Waals surface area contributed by atoms with Crippen LogP contribution in [0.3, 0.4) is 0 Å². The van der Waals surface area contributed by atoms with Crippen LogP contribution < -0.4 is 15.4 Å². The van der Waals surface area contributed by atoms with Gasteiger partial charge in [-0.1, -0.05) is 67.0 Å². The molecule has 3 rings (SSSR count). The van der Waals surface area contributed by atoms with Gasteiger partial charge in [0.25, 0.3) is 10.0 Å². The highest BCUT2D eigenvalue weighted by atomic mass is 32.2. The molecule has 2 fully saturated rings. The van der Waals surface area contributed by atoms with Gasteiger partial charge in [0, 0.05) is 27.8 Å². The number of likely N-dealkylation sites (N-methyl/N-ethyl adjacent to an activating group) is 2. The molecule has 1 aromatic rings. The van der Waals surface area contributed by atoms with E-state index in [1.807, 2.05) is 65.9 Å². The van der Waals surface area contributed by atoms with Crippen molar-refractivity contribution in [2.75, 3.05) is 41.9 Å².